The normalized spacial score (nSPS) is 14.2. The summed E-state index contributed by atoms with van der Waals surface area (Å²) < 4.78 is 0. The fourth-order valence-electron chi connectivity index (χ4n) is 4.25. The average molecular weight is 427 g/mol. The maximum absolute atomic E-state index is 13.0. The first-order valence-electron chi connectivity index (χ1n) is 10.9. The molecule has 0 spiro atoms. The third kappa shape index (κ3) is 3.82. The van der Waals surface area contributed by atoms with Crippen molar-refractivity contribution in [3.8, 4) is 11.5 Å². The van der Waals surface area contributed by atoms with Crippen molar-refractivity contribution < 1.29 is 4.79 Å². The van der Waals surface area contributed by atoms with E-state index in [2.05, 4.69) is 32.8 Å². The lowest BCUT2D eigenvalue weighted by atomic mass is 10.1. The lowest BCUT2D eigenvalue weighted by Crippen LogP contribution is -2.49. The number of pyridine rings is 1. The van der Waals surface area contributed by atoms with E-state index in [1.54, 1.807) is 6.20 Å². The molecule has 1 saturated heterocycles. The van der Waals surface area contributed by atoms with Gasteiger partial charge in [-0.15, -0.1) is 0 Å². The zero-order chi connectivity index (χ0) is 22.1. The number of nitrogens with one attached hydrogen (secondary N) is 1. The van der Waals surface area contributed by atoms with E-state index in [0.717, 1.165) is 52.3 Å². The van der Waals surface area contributed by atoms with Gasteiger partial charge < -0.3 is 14.8 Å². The number of amides is 1. The van der Waals surface area contributed by atoms with E-state index in [-0.39, 0.29) is 5.91 Å². The van der Waals surface area contributed by atoms with Gasteiger partial charge in [-0.1, -0.05) is 24.3 Å². The van der Waals surface area contributed by atoms with Gasteiger partial charge in [0.2, 0.25) is 5.91 Å². The Labute approximate surface area is 187 Å². The number of carbonyl (C=O) groups is 1. The Morgan fingerprint density at radius 3 is 2.56 bits per heavy atom. The monoisotopic (exact) mass is 426 g/mol. The van der Waals surface area contributed by atoms with Crippen LogP contribution in [0.1, 0.15) is 16.8 Å². The van der Waals surface area contributed by atoms with Crippen LogP contribution in [0, 0.1) is 13.8 Å². The van der Waals surface area contributed by atoms with Crippen molar-refractivity contribution in [3.05, 3.63) is 71.7 Å². The van der Waals surface area contributed by atoms with Crippen LogP contribution in [-0.2, 0) is 11.2 Å². The number of benzene rings is 1. The summed E-state index contributed by atoms with van der Waals surface area (Å²) in [5, 5.41) is 1.12. The number of para-hydroxylation sites is 1. The molecule has 7 heteroatoms. The van der Waals surface area contributed by atoms with Gasteiger partial charge in [0.1, 0.15) is 11.5 Å². The third-order valence-electron chi connectivity index (χ3n) is 6.21. The number of piperazine rings is 1. The lowest BCUT2D eigenvalue weighted by molar-refractivity contribution is -0.130. The second kappa shape index (κ2) is 8.42. The summed E-state index contributed by atoms with van der Waals surface area (Å²) in [4.78, 5) is 34.3. The highest BCUT2D eigenvalue weighted by molar-refractivity contribution is 5.89. The second-order valence-corrected chi connectivity index (χ2v) is 8.20. The Kier molecular flexibility index (Phi) is 5.31. The summed E-state index contributed by atoms with van der Waals surface area (Å²) in [6, 6.07) is 13.9. The molecular weight excluding hydrogens is 400 g/mol. The van der Waals surface area contributed by atoms with Gasteiger partial charge >= 0.3 is 0 Å². The van der Waals surface area contributed by atoms with Gasteiger partial charge in [-0.05, 0) is 37.6 Å². The van der Waals surface area contributed by atoms with Crippen molar-refractivity contribution in [3.63, 3.8) is 0 Å². The highest BCUT2D eigenvalue weighted by Gasteiger charge is 2.25. The van der Waals surface area contributed by atoms with Gasteiger partial charge in [0.15, 0.2) is 5.82 Å². The Morgan fingerprint density at radius 1 is 1.00 bits per heavy atom. The number of aryl methyl sites for hydroxylation is 1. The standard InChI is InChI=1S/C25H26N6O/c1-17-18(2)28-24(22-9-5-6-10-26-22)29-25(17)31-13-11-30(12-14-31)23(32)15-19-16-27-21-8-4-3-7-20(19)21/h3-10,16,27H,11-15H2,1-2H3. The van der Waals surface area contributed by atoms with Crippen LogP contribution in [0.25, 0.3) is 22.4 Å². The zero-order valence-corrected chi connectivity index (χ0v) is 18.4. The quantitative estimate of drug-likeness (QED) is 0.540. The van der Waals surface area contributed by atoms with Crippen LogP contribution < -0.4 is 4.90 Å². The molecule has 32 heavy (non-hydrogen) atoms. The van der Waals surface area contributed by atoms with E-state index in [0.29, 0.717) is 25.3 Å². The van der Waals surface area contributed by atoms with E-state index in [4.69, 9.17) is 4.98 Å². The molecule has 0 atom stereocenters. The maximum atomic E-state index is 13.0. The molecule has 0 radical (unpaired) electrons. The van der Waals surface area contributed by atoms with Gasteiger partial charge in [0.25, 0.3) is 0 Å². The highest BCUT2D eigenvalue weighted by atomic mass is 16.2. The summed E-state index contributed by atoms with van der Waals surface area (Å²) in [7, 11) is 0. The molecule has 4 heterocycles. The Balaban J connectivity index is 1.29. The van der Waals surface area contributed by atoms with Crippen LogP contribution in [-0.4, -0.2) is 56.9 Å². The van der Waals surface area contributed by atoms with Crippen molar-refractivity contribution >= 4 is 22.6 Å². The van der Waals surface area contributed by atoms with Crippen LogP contribution in [0.4, 0.5) is 5.82 Å². The van der Waals surface area contributed by atoms with E-state index in [1.165, 1.54) is 0 Å². The van der Waals surface area contributed by atoms with E-state index >= 15 is 0 Å². The van der Waals surface area contributed by atoms with Gasteiger partial charge in [-0.2, -0.15) is 0 Å². The summed E-state index contributed by atoms with van der Waals surface area (Å²) in [5.74, 6) is 1.74. The summed E-state index contributed by atoms with van der Waals surface area (Å²) in [5.41, 5.74) is 4.91. The fourth-order valence-corrected chi connectivity index (χ4v) is 4.25. The highest BCUT2D eigenvalue weighted by Crippen LogP contribution is 2.25. The van der Waals surface area contributed by atoms with Gasteiger partial charge in [0.05, 0.1) is 6.42 Å². The topological polar surface area (TPSA) is 78.0 Å². The van der Waals surface area contributed by atoms with Gasteiger partial charge in [-0.25, -0.2) is 9.97 Å². The first kappa shape index (κ1) is 20.2. The Hall–Kier alpha value is -3.74. The number of hydrogen-bond donors (Lipinski definition) is 1. The maximum Gasteiger partial charge on any atom is 0.227 e. The van der Waals surface area contributed by atoms with Crippen molar-refractivity contribution in [2.24, 2.45) is 0 Å². The molecule has 1 N–H and O–H groups in total. The molecule has 1 aliphatic heterocycles. The molecule has 5 rings (SSSR count). The SMILES string of the molecule is Cc1nc(-c2ccccn2)nc(N2CCN(C(=O)Cc3c[nH]c4ccccc34)CC2)c1C. The number of hydrogen-bond acceptors (Lipinski definition) is 5. The van der Waals surface area contributed by atoms with E-state index in [1.807, 2.05) is 54.4 Å². The van der Waals surface area contributed by atoms with Crippen molar-refractivity contribution in [2.45, 2.75) is 20.3 Å². The van der Waals surface area contributed by atoms with Crippen LogP contribution in [0.5, 0.6) is 0 Å². The number of aromatic nitrogens is 4. The number of aromatic amines is 1. The largest absolute Gasteiger partial charge is 0.361 e. The molecule has 0 bridgehead atoms. The number of H-pyrrole nitrogens is 1. The van der Waals surface area contributed by atoms with Gasteiger partial charge in [-0.3, -0.25) is 9.78 Å². The smallest absolute Gasteiger partial charge is 0.227 e. The fraction of sp³-hybridized carbons (Fsp3) is 0.280. The number of fused-ring (bicyclic) bond motifs is 1. The zero-order valence-electron chi connectivity index (χ0n) is 18.4. The first-order valence-corrected chi connectivity index (χ1v) is 10.9. The first-order chi connectivity index (χ1) is 15.6. The molecule has 1 aromatic carbocycles. The minimum absolute atomic E-state index is 0.166. The molecule has 1 fully saturated rings. The molecule has 162 valence electrons. The molecule has 3 aromatic heterocycles. The summed E-state index contributed by atoms with van der Waals surface area (Å²) >= 11 is 0. The minimum Gasteiger partial charge on any atom is -0.361 e. The molecule has 0 saturated carbocycles. The molecule has 7 nitrogen and oxygen atoms in total. The predicted octanol–water partition coefficient (Wildman–Crippen LogP) is 3.53. The van der Waals surface area contributed by atoms with Crippen LogP contribution in [0.2, 0.25) is 0 Å². The molecule has 4 aromatic rings. The lowest BCUT2D eigenvalue weighted by Gasteiger charge is -2.36. The van der Waals surface area contributed by atoms with Crippen LogP contribution in [0.15, 0.2) is 54.9 Å². The number of nitrogens with zero attached hydrogens (tertiary/aromatic N) is 5. The Morgan fingerprint density at radius 2 is 1.78 bits per heavy atom. The van der Waals surface area contributed by atoms with Crippen molar-refractivity contribution in [1.82, 2.24) is 24.8 Å². The molecular formula is C25H26N6O. The third-order valence-corrected chi connectivity index (χ3v) is 6.21. The van der Waals surface area contributed by atoms with Gasteiger partial charge in [0, 0.05) is 60.7 Å². The number of rotatable bonds is 4. The summed E-state index contributed by atoms with van der Waals surface area (Å²) in [6.07, 6.45) is 4.12. The van der Waals surface area contributed by atoms with Crippen molar-refractivity contribution in [2.75, 3.05) is 31.1 Å². The minimum atomic E-state index is 0.166. The molecule has 0 aliphatic carbocycles. The van der Waals surface area contributed by atoms with E-state index in [9.17, 15) is 4.79 Å². The van der Waals surface area contributed by atoms with Crippen LogP contribution >= 0.6 is 0 Å². The second-order valence-electron chi connectivity index (χ2n) is 8.20. The Bertz CT molecular complexity index is 1260. The van der Waals surface area contributed by atoms with Crippen LogP contribution in [0.3, 0.4) is 0 Å². The predicted molar refractivity (Wildman–Crippen MR) is 126 cm³/mol. The average Bonchev–Trinajstić information content (AvgIpc) is 3.24. The molecule has 0 unspecified atom stereocenters. The number of anilines is 1. The van der Waals surface area contributed by atoms with Crippen molar-refractivity contribution in [1.29, 1.82) is 0 Å². The molecule has 1 aliphatic rings. The summed E-state index contributed by atoms with van der Waals surface area (Å²) in [6.45, 7) is 6.93. The number of carbonyl (C=O) groups excluding carboxylic acids is 1. The van der Waals surface area contributed by atoms with E-state index < -0.39 is 0 Å². The molecule has 1 amide bonds.